The standard InChI is InChI=1S/C15H20ClN3O/c1-4-7-18-15(13-9-17-10-19(13)2)11-5-6-12(16)14(8-11)20-3/h5-6,8-10,15,18H,4,7H2,1-3H3. The average molecular weight is 294 g/mol. The molecule has 0 fully saturated rings. The number of methoxy groups -OCH3 is 1. The van der Waals surface area contributed by atoms with Crippen molar-refractivity contribution in [3.8, 4) is 5.75 Å². The lowest BCUT2D eigenvalue weighted by atomic mass is 10.0. The number of hydrogen-bond donors (Lipinski definition) is 1. The number of nitrogens with zero attached hydrogens (tertiary/aromatic N) is 2. The number of hydrogen-bond acceptors (Lipinski definition) is 3. The highest BCUT2D eigenvalue weighted by Crippen LogP contribution is 2.30. The topological polar surface area (TPSA) is 39.1 Å². The third-order valence-corrected chi connectivity index (χ3v) is 3.57. The lowest BCUT2D eigenvalue weighted by Gasteiger charge is -2.20. The number of aromatic nitrogens is 2. The van der Waals surface area contributed by atoms with Gasteiger partial charge in [-0.3, -0.25) is 0 Å². The number of imidazole rings is 1. The van der Waals surface area contributed by atoms with Crippen LogP contribution in [0.1, 0.15) is 30.6 Å². The van der Waals surface area contributed by atoms with E-state index in [-0.39, 0.29) is 6.04 Å². The molecule has 0 aliphatic rings. The molecule has 2 rings (SSSR count). The first-order valence-corrected chi connectivity index (χ1v) is 7.08. The second kappa shape index (κ2) is 6.77. The molecule has 1 atom stereocenters. The van der Waals surface area contributed by atoms with E-state index in [1.165, 1.54) is 0 Å². The minimum absolute atomic E-state index is 0.0774. The number of nitrogens with one attached hydrogen (secondary N) is 1. The van der Waals surface area contributed by atoms with Gasteiger partial charge in [0, 0.05) is 7.05 Å². The Hall–Kier alpha value is -1.52. The average Bonchev–Trinajstić information content (AvgIpc) is 2.87. The fourth-order valence-electron chi connectivity index (χ4n) is 2.18. The smallest absolute Gasteiger partial charge is 0.137 e. The number of benzene rings is 1. The molecule has 0 saturated carbocycles. The molecule has 1 heterocycles. The maximum Gasteiger partial charge on any atom is 0.137 e. The second-order valence-corrected chi connectivity index (χ2v) is 5.12. The predicted molar refractivity (Wildman–Crippen MR) is 81.3 cm³/mol. The summed E-state index contributed by atoms with van der Waals surface area (Å²) >= 11 is 6.10. The van der Waals surface area contributed by atoms with Crippen LogP contribution in [0.4, 0.5) is 0 Å². The summed E-state index contributed by atoms with van der Waals surface area (Å²) in [6, 6.07) is 5.94. The summed E-state index contributed by atoms with van der Waals surface area (Å²) in [5.74, 6) is 0.689. The molecule has 1 aromatic heterocycles. The molecule has 2 aromatic rings. The molecule has 0 amide bonds. The molecule has 4 nitrogen and oxygen atoms in total. The minimum Gasteiger partial charge on any atom is -0.495 e. The van der Waals surface area contributed by atoms with Crippen LogP contribution in [0.3, 0.4) is 0 Å². The fourth-order valence-corrected chi connectivity index (χ4v) is 2.38. The van der Waals surface area contributed by atoms with E-state index in [2.05, 4.69) is 17.2 Å². The van der Waals surface area contributed by atoms with E-state index in [4.69, 9.17) is 16.3 Å². The monoisotopic (exact) mass is 293 g/mol. The van der Waals surface area contributed by atoms with E-state index in [9.17, 15) is 0 Å². The molecule has 0 spiro atoms. The van der Waals surface area contributed by atoms with E-state index in [0.29, 0.717) is 10.8 Å². The molecule has 0 saturated heterocycles. The van der Waals surface area contributed by atoms with Crippen LogP contribution >= 0.6 is 11.6 Å². The summed E-state index contributed by atoms with van der Waals surface area (Å²) < 4.78 is 7.33. The van der Waals surface area contributed by atoms with Crippen LogP contribution in [0.5, 0.6) is 5.75 Å². The molecule has 1 N–H and O–H groups in total. The molecule has 0 bridgehead atoms. The van der Waals surface area contributed by atoms with E-state index < -0.39 is 0 Å². The van der Waals surface area contributed by atoms with Gasteiger partial charge >= 0.3 is 0 Å². The van der Waals surface area contributed by atoms with Gasteiger partial charge in [0.1, 0.15) is 5.75 Å². The Morgan fingerprint density at radius 2 is 2.25 bits per heavy atom. The number of aryl methyl sites for hydroxylation is 1. The van der Waals surface area contributed by atoms with Crippen LogP contribution in [-0.2, 0) is 7.05 Å². The van der Waals surface area contributed by atoms with Crippen LogP contribution in [0.25, 0.3) is 0 Å². The van der Waals surface area contributed by atoms with Gasteiger partial charge in [-0.2, -0.15) is 0 Å². The Morgan fingerprint density at radius 3 is 2.85 bits per heavy atom. The van der Waals surface area contributed by atoms with Gasteiger partial charge in [0.05, 0.1) is 36.4 Å². The van der Waals surface area contributed by atoms with Crippen molar-refractivity contribution < 1.29 is 4.74 Å². The first-order valence-electron chi connectivity index (χ1n) is 6.70. The summed E-state index contributed by atoms with van der Waals surface area (Å²) in [7, 11) is 3.62. The van der Waals surface area contributed by atoms with Crippen molar-refractivity contribution in [1.29, 1.82) is 0 Å². The molecule has 5 heteroatoms. The zero-order valence-electron chi connectivity index (χ0n) is 12.1. The highest BCUT2D eigenvalue weighted by Gasteiger charge is 2.17. The summed E-state index contributed by atoms with van der Waals surface area (Å²) in [6.07, 6.45) is 4.76. The Bertz CT molecular complexity index is 568. The summed E-state index contributed by atoms with van der Waals surface area (Å²) in [6.45, 7) is 3.08. The Labute approximate surface area is 124 Å². The Morgan fingerprint density at radius 1 is 1.45 bits per heavy atom. The number of rotatable bonds is 6. The molecule has 0 radical (unpaired) electrons. The summed E-state index contributed by atoms with van der Waals surface area (Å²) in [5, 5.41) is 4.16. The Balaban J connectivity index is 2.38. The van der Waals surface area contributed by atoms with Gasteiger partial charge in [-0.25, -0.2) is 4.98 Å². The lowest BCUT2D eigenvalue weighted by molar-refractivity contribution is 0.413. The summed E-state index contributed by atoms with van der Waals surface area (Å²) in [4.78, 5) is 4.20. The molecule has 0 aliphatic carbocycles. The molecule has 1 unspecified atom stereocenters. The zero-order valence-corrected chi connectivity index (χ0v) is 12.8. The third-order valence-electron chi connectivity index (χ3n) is 3.26. The zero-order chi connectivity index (χ0) is 14.5. The van der Waals surface area contributed by atoms with Gasteiger partial charge in [0.15, 0.2) is 0 Å². The van der Waals surface area contributed by atoms with E-state index in [0.717, 1.165) is 24.2 Å². The van der Waals surface area contributed by atoms with Gasteiger partial charge in [-0.15, -0.1) is 0 Å². The van der Waals surface area contributed by atoms with Gasteiger partial charge in [-0.1, -0.05) is 24.6 Å². The fraction of sp³-hybridized carbons (Fsp3) is 0.400. The molecule has 20 heavy (non-hydrogen) atoms. The van der Waals surface area contributed by atoms with Crippen molar-refractivity contribution in [3.05, 3.63) is 47.0 Å². The van der Waals surface area contributed by atoms with Crippen LogP contribution < -0.4 is 10.1 Å². The van der Waals surface area contributed by atoms with Crippen molar-refractivity contribution in [2.75, 3.05) is 13.7 Å². The van der Waals surface area contributed by atoms with E-state index in [1.54, 1.807) is 7.11 Å². The minimum atomic E-state index is 0.0774. The molecule has 1 aromatic carbocycles. The van der Waals surface area contributed by atoms with Crippen molar-refractivity contribution in [2.24, 2.45) is 7.05 Å². The Kier molecular flexibility index (Phi) is 5.04. The highest BCUT2D eigenvalue weighted by atomic mass is 35.5. The van der Waals surface area contributed by atoms with Gasteiger partial charge < -0.3 is 14.6 Å². The van der Waals surface area contributed by atoms with Crippen molar-refractivity contribution in [3.63, 3.8) is 0 Å². The lowest BCUT2D eigenvalue weighted by Crippen LogP contribution is -2.25. The normalized spacial score (nSPS) is 12.4. The van der Waals surface area contributed by atoms with Gasteiger partial charge in [0.25, 0.3) is 0 Å². The third kappa shape index (κ3) is 3.14. The predicted octanol–water partition coefficient (Wildman–Crippen LogP) is 3.17. The quantitative estimate of drug-likeness (QED) is 0.889. The first-order chi connectivity index (χ1) is 9.67. The van der Waals surface area contributed by atoms with E-state index >= 15 is 0 Å². The maximum absolute atomic E-state index is 6.10. The van der Waals surface area contributed by atoms with Gasteiger partial charge in [0.2, 0.25) is 0 Å². The number of ether oxygens (including phenoxy) is 1. The van der Waals surface area contributed by atoms with Crippen molar-refractivity contribution in [1.82, 2.24) is 14.9 Å². The second-order valence-electron chi connectivity index (χ2n) is 4.71. The SMILES string of the molecule is CCCNC(c1ccc(Cl)c(OC)c1)c1cncn1C. The highest BCUT2D eigenvalue weighted by molar-refractivity contribution is 6.32. The maximum atomic E-state index is 6.10. The van der Waals surface area contributed by atoms with Gasteiger partial charge in [-0.05, 0) is 30.7 Å². The first kappa shape index (κ1) is 14.9. The van der Waals surface area contributed by atoms with Crippen LogP contribution in [0, 0.1) is 0 Å². The van der Waals surface area contributed by atoms with Crippen LogP contribution in [-0.4, -0.2) is 23.2 Å². The van der Waals surface area contributed by atoms with Crippen molar-refractivity contribution >= 4 is 11.6 Å². The molecule has 0 aliphatic heterocycles. The van der Waals surface area contributed by atoms with Crippen LogP contribution in [0.2, 0.25) is 5.02 Å². The molecule has 108 valence electrons. The molecular formula is C15H20ClN3O. The number of halogens is 1. The van der Waals surface area contributed by atoms with Crippen LogP contribution in [0.15, 0.2) is 30.7 Å². The van der Waals surface area contributed by atoms with E-state index in [1.807, 2.05) is 42.3 Å². The summed E-state index contributed by atoms with van der Waals surface area (Å²) in [5.41, 5.74) is 2.23. The largest absolute Gasteiger partial charge is 0.495 e. The molecular weight excluding hydrogens is 274 g/mol. The van der Waals surface area contributed by atoms with Crippen molar-refractivity contribution in [2.45, 2.75) is 19.4 Å².